The van der Waals surface area contributed by atoms with Crippen LogP contribution in [0.25, 0.3) is 11.4 Å². The van der Waals surface area contributed by atoms with Gasteiger partial charge in [0.25, 0.3) is 0 Å². The molecule has 9 heteroatoms. The van der Waals surface area contributed by atoms with Gasteiger partial charge in [0.15, 0.2) is 22.5 Å². The van der Waals surface area contributed by atoms with Crippen LogP contribution in [0.4, 0.5) is 4.39 Å². The number of nitrogens with one attached hydrogen (secondary N) is 1. The van der Waals surface area contributed by atoms with Gasteiger partial charge in [-0.1, -0.05) is 17.8 Å². The molecular formula is C19H17FN4O3S. The summed E-state index contributed by atoms with van der Waals surface area (Å²) in [6.45, 7) is 0.620. The molecule has 0 saturated carbocycles. The van der Waals surface area contributed by atoms with E-state index in [2.05, 4.69) is 15.5 Å². The maximum atomic E-state index is 13.1. The summed E-state index contributed by atoms with van der Waals surface area (Å²) in [4.78, 5) is 12.2. The summed E-state index contributed by atoms with van der Waals surface area (Å²) in [6, 6.07) is 11.6. The SMILES string of the molecule is Cn1c(SCC(=O)NCc2ccc3c(c2)OCO3)nnc1-c1ccc(F)cc1. The highest BCUT2D eigenvalue weighted by Gasteiger charge is 2.15. The molecule has 0 aliphatic carbocycles. The maximum absolute atomic E-state index is 13.1. The Morgan fingerprint density at radius 1 is 1.18 bits per heavy atom. The molecule has 144 valence electrons. The van der Waals surface area contributed by atoms with Gasteiger partial charge in [-0.2, -0.15) is 0 Å². The van der Waals surface area contributed by atoms with Gasteiger partial charge < -0.3 is 19.4 Å². The minimum Gasteiger partial charge on any atom is -0.454 e. The Bertz CT molecular complexity index is 1010. The highest BCUT2D eigenvalue weighted by atomic mass is 32.2. The van der Waals surface area contributed by atoms with Crippen molar-refractivity contribution >= 4 is 17.7 Å². The van der Waals surface area contributed by atoms with Crippen molar-refractivity contribution in [3.05, 3.63) is 53.8 Å². The van der Waals surface area contributed by atoms with E-state index in [-0.39, 0.29) is 24.3 Å². The van der Waals surface area contributed by atoms with E-state index in [9.17, 15) is 9.18 Å². The number of ether oxygens (including phenoxy) is 2. The van der Waals surface area contributed by atoms with Crippen molar-refractivity contribution in [2.24, 2.45) is 7.05 Å². The summed E-state index contributed by atoms with van der Waals surface area (Å²) in [5, 5.41) is 11.7. The summed E-state index contributed by atoms with van der Waals surface area (Å²) in [5.74, 6) is 1.80. The molecule has 0 fully saturated rings. The lowest BCUT2D eigenvalue weighted by Crippen LogP contribution is -2.24. The van der Waals surface area contributed by atoms with E-state index in [1.54, 1.807) is 16.7 Å². The number of nitrogens with zero attached hydrogens (tertiary/aromatic N) is 3. The minimum absolute atomic E-state index is 0.117. The molecular weight excluding hydrogens is 383 g/mol. The summed E-state index contributed by atoms with van der Waals surface area (Å²) in [5.41, 5.74) is 1.69. The lowest BCUT2D eigenvalue weighted by molar-refractivity contribution is -0.118. The lowest BCUT2D eigenvalue weighted by atomic mass is 10.2. The van der Waals surface area contributed by atoms with Gasteiger partial charge in [-0.05, 0) is 42.0 Å². The van der Waals surface area contributed by atoms with Gasteiger partial charge in [-0.15, -0.1) is 10.2 Å². The summed E-state index contributed by atoms with van der Waals surface area (Å²) in [6.07, 6.45) is 0. The molecule has 1 aromatic heterocycles. The van der Waals surface area contributed by atoms with Crippen molar-refractivity contribution in [3.8, 4) is 22.9 Å². The average molecular weight is 400 g/mol. The molecule has 4 rings (SSSR count). The second-order valence-corrected chi connectivity index (χ2v) is 7.07. The van der Waals surface area contributed by atoms with Crippen LogP contribution in [0.3, 0.4) is 0 Å². The molecule has 0 saturated heterocycles. The largest absolute Gasteiger partial charge is 0.454 e. The van der Waals surface area contributed by atoms with Crippen LogP contribution in [-0.2, 0) is 18.4 Å². The van der Waals surface area contributed by atoms with Crippen LogP contribution in [0, 0.1) is 5.82 Å². The number of carbonyl (C=O) groups excluding carboxylic acids is 1. The van der Waals surface area contributed by atoms with E-state index in [1.165, 1.54) is 23.9 Å². The Kier molecular flexibility index (Phi) is 5.16. The van der Waals surface area contributed by atoms with Crippen LogP contribution in [0.5, 0.6) is 11.5 Å². The van der Waals surface area contributed by atoms with Gasteiger partial charge in [0.2, 0.25) is 12.7 Å². The number of fused-ring (bicyclic) bond motifs is 1. The van der Waals surface area contributed by atoms with Gasteiger partial charge in [0.1, 0.15) is 5.82 Å². The molecule has 7 nitrogen and oxygen atoms in total. The van der Waals surface area contributed by atoms with Crippen molar-refractivity contribution in [2.45, 2.75) is 11.7 Å². The number of rotatable bonds is 6. The Hall–Kier alpha value is -3.07. The highest BCUT2D eigenvalue weighted by molar-refractivity contribution is 7.99. The number of hydrogen-bond donors (Lipinski definition) is 1. The zero-order chi connectivity index (χ0) is 19.5. The van der Waals surface area contributed by atoms with E-state index in [0.717, 1.165) is 11.1 Å². The Balaban J connectivity index is 1.32. The van der Waals surface area contributed by atoms with Crippen LogP contribution < -0.4 is 14.8 Å². The van der Waals surface area contributed by atoms with Gasteiger partial charge >= 0.3 is 0 Å². The van der Waals surface area contributed by atoms with E-state index in [4.69, 9.17) is 9.47 Å². The molecule has 0 radical (unpaired) electrons. The molecule has 3 aromatic rings. The summed E-state index contributed by atoms with van der Waals surface area (Å²) >= 11 is 1.29. The van der Waals surface area contributed by atoms with Crippen LogP contribution in [0.1, 0.15) is 5.56 Å². The van der Waals surface area contributed by atoms with Gasteiger partial charge in [-0.25, -0.2) is 4.39 Å². The second kappa shape index (κ2) is 7.89. The Morgan fingerprint density at radius 2 is 1.96 bits per heavy atom. The third-order valence-electron chi connectivity index (χ3n) is 4.20. The Morgan fingerprint density at radius 3 is 2.79 bits per heavy atom. The number of aromatic nitrogens is 3. The third kappa shape index (κ3) is 3.94. The van der Waals surface area contributed by atoms with Crippen molar-refractivity contribution in [1.82, 2.24) is 20.1 Å². The van der Waals surface area contributed by atoms with Crippen LogP contribution in [0.2, 0.25) is 0 Å². The molecule has 2 aromatic carbocycles. The zero-order valence-corrected chi connectivity index (χ0v) is 15.8. The number of amides is 1. The molecule has 1 N–H and O–H groups in total. The fraction of sp³-hybridized carbons (Fsp3) is 0.211. The van der Waals surface area contributed by atoms with Crippen molar-refractivity contribution in [3.63, 3.8) is 0 Å². The van der Waals surface area contributed by atoms with Crippen LogP contribution in [0.15, 0.2) is 47.6 Å². The highest BCUT2D eigenvalue weighted by Crippen LogP contribution is 2.32. The second-order valence-electron chi connectivity index (χ2n) is 6.13. The molecule has 1 aliphatic rings. The van der Waals surface area contributed by atoms with Crippen LogP contribution in [-0.4, -0.2) is 33.2 Å². The van der Waals surface area contributed by atoms with Crippen molar-refractivity contribution in [2.75, 3.05) is 12.5 Å². The number of hydrogen-bond acceptors (Lipinski definition) is 6. The third-order valence-corrected chi connectivity index (χ3v) is 5.22. The minimum atomic E-state index is -0.306. The van der Waals surface area contributed by atoms with Gasteiger partial charge in [-0.3, -0.25) is 4.79 Å². The number of carbonyl (C=O) groups is 1. The van der Waals surface area contributed by atoms with E-state index >= 15 is 0 Å². The quantitative estimate of drug-likeness (QED) is 0.641. The van der Waals surface area contributed by atoms with E-state index in [1.807, 2.05) is 25.2 Å². The fourth-order valence-electron chi connectivity index (χ4n) is 2.72. The Labute approximate surface area is 164 Å². The zero-order valence-electron chi connectivity index (χ0n) is 15.0. The molecule has 28 heavy (non-hydrogen) atoms. The molecule has 1 aliphatic heterocycles. The number of halogens is 1. The number of thioether (sulfide) groups is 1. The first-order valence-electron chi connectivity index (χ1n) is 8.53. The first-order chi connectivity index (χ1) is 13.6. The molecule has 0 unspecified atom stereocenters. The predicted molar refractivity (Wildman–Crippen MR) is 102 cm³/mol. The predicted octanol–water partition coefficient (Wildman–Crippen LogP) is 2.76. The van der Waals surface area contributed by atoms with Crippen molar-refractivity contribution in [1.29, 1.82) is 0 Å². The monoisotopic (exact) mass is 400 g/mol. The standard InChI is InChI=1S/C19H17FN4O3S/c1-24-18(13-3-5-14(20)6-4-13)22-23-19(24)28-10-17(25)21-9-12-2-7-15-16(8-12)27-11-26-15/h2-8H,9-11H2,1H3,(H,21,25). The molecule has 1 amide bonds. The molecule has 0 spiro atoms. The first kappa shape index (κ1) is 18.3. The fourth-order valence-corrected chi connectivity index (χ4v) is 3.46. The normalized spacial score (nSPS) is 12.2. The topological polar surface area (TPSA) is 78.3 Å². The van der Waals surface area contributed by atoms with Crippen LogP contribution >= 0.6 is 11.8 Å². The first-order valence-corrected chi connectivity index (χ1v) is 9.52. The smallest absolute Gasteiger partial charge is 0.231 e. The maximum Gasteiger partial charge on any atom is 0.231 e. The van der Waals surface area contributed by atoms with E-state index in [0.29, 0.717) is 29.0 Å². The lowest BCUT2D eigenvalue weighted by Gasteiger charge is -2.07. The molecule has 2 heterocycles. The van der Waals surface area contributed by atoms with E-state index < -0.39 is 0 Å². The number of benzene rings is 2. The molecule has 0 bridgehead atoms. The summed E-state index contributed by atoms with van der Waals surface area (Å²) < 4.78 is 25.5. The summed E-state index contributed by atoms with van der Waals surface area (Å²) in [7, 11) is 1.81. The molecule has 0 atom stereocenters. The van der Waals surface area contributed by atoms with Gasteiger partial charge in [0, 0.05) is 19.2 Å². The van der Waals surface area contributed by atoms with Gasteiger partial charge in [0.05, 0.1) is 5.75 Å². The average Bonchev–Trinajstić information content (AvgIpc) is 3.31. The van der Waals surface area contributed by atoms with Crippen molar-refractivity contribution < 1.29 is 18.7 Å².